The number of hydrogen-bond acceptors (Lipinski definition) is 5. The van der Waals surface area contributed by atoms with E-state index in [4.69, 9.17) is 4.74 Å². The molecular formula is C19H22FN3O3S. The maximum absolute atomic E-state index is 13.6. The molecule has 1 N–H and O–H groups in total. The predicted octanol–water partition coefficient (Wildman–Crippen LogP) is 2.78. The number of amides is 2. The Balaban J connectivity index is 1.49. The van der Waals surface area contributed by atoms with Gasteiger partial charge in [-0.3, -0.25) is 9.59 Å². The van der Waals surface area contributed by atoms with Gasteiger partial charge in [0, 0.05) is 19.1 Å². The summed E-state index contributed by atoms with van der Waals surface area (Å²) < 4.78 is 18.9. The summed E-state index contributed by atoms with van der Waals surface area (Å²) in [6.07, 6.45) is 2.27. The lowest BCUT2D eigenvalue weighted by molar-refractivity contribution is -0.133. The van der Waals surface area contributed by atoms with Gasteiger partial charge in [-0.15, -0.1) is 11.3 Å². The van der Waals surface area contributed by atoms with Crippen molar-refractivity contribution < 1.29 is 18.7 Å². The Labute approximate surface area is 161 Å². The van der Waals surface area contributed by atoms with E-state index < -0.39 is 5.82 Å². The molecule has 1 atom stereocenters. The average molecular weight is 391 g/mol. The Hall–Kier alpha value is -2.48. The summed E-state index contributed by atoms with van der Waals surface area (Å²) in [7, 11) is 0. The van der Waals surface area contributed by atoms with Crippen LogP contribution in [0.15, 0.2) is 29.8 Å². The highest BCUT2D eigenvalue weighted by atomic mass is 32.1. The van der Waals surface area contributed by atoms with E-state index in [1.165, 1.54) is 23.5 Å². The van der Waals surface area contributed by atoms with Crippen LogP contribution in [0.3, 0.4) is 0 Å². The molecular weight excluding hydrogens is 369 g/mol. The van der Waals surface area contributed by atoms with Gasteiger partial charge in [0.05, 0.1) is 11.2 Å². The third-order valence-corrected chi connectivity index (χ3v) is 5.48. The quantitative estimate of drug-likeness (QED) is 0.851. The Morgan fingerprint density at radius 3 is 2.89 bits per heavy atom. The summed E-state index contributed by atoms with van der Waals surface area (Å²) >= 11 is 1.33. The molecule has 0 radical (unpaired) electrons. The standard InChI is InChI=1S/C19H22FN3O3S/c1-13-18(27-12-21-13)19(25)22-14-5-4-9-23(10-8-14)17(24)11-26-16-7-3-2-6-15(16)20/h2-3,6-7,12,14H,4-5,8-11H2,1H3,(H,22,25)/t14-/m0/s1. The fraction of sp³-hybridized carbons (Fsp3) is 0.421. The van der Waals surface area contributed by atoms with Crippen LogP contribution in [0, 0.1) is 12.7 Å². The van der Waals surface area contributed by atoms with Crippen molar-refractivity contribution in [2.75, 3.05) is 19.7 Å². The molecule has 6 nitrogen and oxygen atoms in total. The monoisotopic (exact) mass is 391 g/mol. The maximum atomic E-state index is 13.6. The number of carbonyl (C=O) groups is 2. The highest BCUT2D eigenvalue weighted by molar-refractivity contribution is 7.11. The SMILES string of the molecule is Cc1ncsc1C(=O)N[C@H]1CCCN(C(=O)COc2ccccc2F)CC1. The Morgan fingerprint density at radius 1 is 1.33 bits per heavy atom. The highest BCUT2D eigenvalue weighted by Crippen LogP contribution is 2.17. The second kappa shape index (κ2) is 8.94. The minimum Gasteiger partial charge on any atom is -0.481 e. The van der Waals surface area contributed by atoms with Crippen LogP contribution in [-0.4, -0.2) is 47.4 Å². The van der Waals surface area contributed by atoms with Gasteiger partial charge in [-0.2, -0.15) is 0 Å². The molecule has 1 saturated heterocycles. The van der Waals surface area contributed by atoms with E-state index >= 15 is 0 Å². The van der Waals surface area contributed by atoms with Gasteiger partial charge in [-0.1, -0.05) is 12.1 Å². The van der Waals surface area contributed by atoms with Crippen molar-refractivity contribution in [2.45, 2.75) is 32.2 Å². The molecule has 0 unspecified atom stereocenters. The molecule has 27 heavy (non-hydrogen) atoms. The highest BCUT2D eigenvalue weighted by Gasteiger charge is 2.23. The number of thiazole rings is 1. The molecule has 0 bridgehead atoms. The number of benzene rings is 1. The van der Waals surface area contributed by atoms with Crippen LogP contribution in [0.25, 0.3) is 0 Å². The summed E-state index contributed by atoms with van der Waals surface area (Å²) in [6, 6.07) is 6.04. The van der Waals surface area contributed by atoms with Gasteiger partial charge in [0.2, 0.25) is 0 Å². The number of halogens is 1. The minimum atomic E-state index is -0.484. The molecule has 3 rings (SSSR count). The molecule has 2 heterocycles. The molecule has 1 aromatic carbocycles. The molecule has 1 aromatic heterocycles. The number of nitrogens with zero attached hydrogens (tertiary/aromatic N) is 2. The first-order valence-electron chi connectivity index (χ1n) is 8.90. The van der Waals surface area contributed by atoms with Crippen LogP contribution in [0.2, 0.25) is 0 Å². The van der Waals surface area contributed by atoms with Crippen LogP contribution in [0.5, 0.6) is 5.75 Å². The average Bonchev–Trinajstić information content (AvgIpc) is 2.95. The van der Waals surface area contributed by atoms with Crippen molar-refractivity contribution in [1.29, 1.82) is 0 Å². The van der Waals surface area contributed by atoms with Crippen LogP contribution in [0.1, 0.15) is 34.6 Å². The number of rotatable bonds is 5. The third kappa shape index (κ3) is 5.03. The zero-order valence-electron chi connectivity index (χ0n) is 15.1. The van der Waals surface area contributed by atoms with Gasteiger partial charge in [-0.25, -0.2) is 9.37 Å². The first-order chi connectivity index (χ1) is 13.0. The van der Waals surface area contributed by atoms with Crippen molar-refractivity contribution >= 4 is 23.2 Å². The van der Waals surface area contributed by atoms with Crippen molar-refractivity contribution in [3.8, 4) is 5.75 Å². The lowest BCUT2D eigenvalue weighted by Gasteiger charge is -2.21. The number of carbonyl (C=O) groups excluding carboxylic acids is 2. The fourth-order valence-corrected chi connectivity index (χ4v) is 3.76. The molecule has 1 aliphatic heterocycles. The number of hydrogen-bond donors (Lipinski definition) is 1. The first-order valence-corrected chi connectivity index (χ1v) is 9.78. The molecule has 0 aliphatic carbocycles. The molecule has 8 heteroatoms. The van der Waals surface area contributed by atoms with Crippen LogP contribution >= 0.6 is 11.3 Å². The number of aromatic nitrogens is 1. The summed E-state index contributed by atoms with van der Waals surface area (Å²) in [5.41, 5.74) is 2.39. The largest absolute Gasteiger partial charge is 0.481 e. The summed E-state index contributed by atoms with van der Waals surface area (Å²) in [5.74, 6) is -0.695. The van der Waals surface area contributed by atoms with Gasteiger partial charge in [0.15, 0.2) is 18.2 Å². The van der Waals surface area contributed by atoms with E-state index in [1.807, 2.05) is 6.92 Å². The smallest absolute Gasteiger partial charge is 0.263 e. The van der Waals surface area contributed by atoms with Crippen molar-refractivity contribution in [2.24, 2.45) is 0 Å². The lowest BCUT2D eigenvalue weighted by atomic mass is 10.1. The van der Waals surface area contributed by atoms with Crippen LogP contribution in [0.4, 0.5) is 4.39 Å². The van der Waals surface area contributed by atoms with E-state index in [0.29, 0.717) is 24.4 Å². The summed E-state index contributed by atoms with van der Waals surface area (Å²) in [6.45, 7) is 2.75. The zero-order chi connectivity index (χ0) is 19.2. The molecule has 1 fully saturated rings. The Kier molecular flexibility index (Phi) is 6.39. The summed E-state index contributed by atoms with van der Waals surface area (Å²) in [5, 5.41) is 3.04. The second-order valence-electron chi connectivity index (χ2n) is 6.47. The van der Waals surface area contributed by atoms with Gasteiger partial charge in [0.25, 0.3) is 11.8 Å². The van der Waals surface area contributed by atoms with Gasteiger partial charge < -0.3 is 15.0 Å². The van der Waals surface area contributed by atoms with Gasteiger partial charge >= 0.3 is 0 Å². The maximum Gasteiger partial charge on any atom is 0.263 e. The molecule has 2 aromatic rings. The van der Waals surface area contributed by atoms with E-state index in [0.717, 1.165) is 18.5 Å². The molecule has 144 valence electrons. The van der Waals surface area contributed by atoms with Crippen molar-refractivity contribution in [3.63, 3.8) is 0 Å². The second-order valence-corrected chi connectivity index (χ2v) is 7.32. The van der Waals surface area contributed by atoms with Gasteiger partial charge in [0.1, 0.15) is 4.88 Å². The molecule has 1 aliphatic rings. The van der Waals surface area contributed by atoms with E-state index in [9.17, 15) is 14.0 Å². The number of likely N-dealkylation sites (tertiary alicyclic amines) is 1. The number of nitrogens with one attached hydrogen (secondary N) is 1. The minimum absolute atomic E-state index is 0.0179. The summed E-state index contributed by atoms with van der Waals surface area (Å²) in [4.78, 5) is 31.2. The molecule has 0 saturated carbocycles. The van der Waals surface area contributed by atoms with Crippen LogP contribution < -0.4 is 10.1 Å². The zero-order valence-corrected chi connectivity index (χ0v) is 15.9. The Bertz CT molecular complexity index is 811. The van der Waals surface area contributed by atoms with Crippen LogP contribution in [-0.2, 0) is 4.79 Å². The van der Waals surface area contributed by atoms with E-state index in [-0.39, 0.29) is 30.2 Å². The molecule has 0 spiro atoms. The Morgan fingerprint density at radius 2 is 2.15 bits per heavy atom. The van der Waals surface area contributed by atoms with Crippen molar-refractivity contribution in [3.05, 3.63) is 46.2 Å². The molecule has 2 amide bonds. The fourth-order valence-electron chi connectivity index (χ4n) is 3.05. The number of aryl methyl sites for hydroxylation is 1. The third-order valence-electron chi connectivity index (χ3n) is 4.56. The van der Waals surface area contributed by atoms with Gasteiger partial charge in [-0.05, 0) is 38.3 Å². The topological polar surface area (TPSA) is 71.5 Å². The first kappa shape index (κ1) is 19.3. The lowest BCUT2D eigenvalue weighted by Crippen LogP contribution is -2.38. The normalized spacial score (nSPS) is 17.3. The van der Waals surface area contributed by atoms with E-state index in [1.54, 1.807) is 22.5 Å². The number of ether oxygens (including phenoxy) is 1. The van der Waals surface area contributed by atoms with Crippen molar-refractivity contribution in [1.82, 2.24) is 15.2 Å². The predicted molar refractivity (Wildman–Crippen MR) is 100 cm³/mol. The number of para-hydroxylation sites is 1. The van der Waals surface area contributed by atoms with E-state index in [2.05, 4.69) is 10.3 Å².